The summed E-state index contributed by atoms with van der Waals surface area (Å²) in [6.45, 7) is 3.30. The van der Waals surface area contributed by atoms with Crippen molar-refractivity contribution >= 4 is 11.9 Å². The molecule has 5 nitrogen and oxygen atoms in total. The lowest BCUT2D eigenvalue weighted by Gasteiger charge is -2.19. The number of carboxylic acid groups (broad SMARTS) is 2. The van der Waals surface area contributed by atoms with E-state index in [-0.39, 0.29) is 19.3 Å². The molecule has 13 heavy (non-hydrogen) atoms. The van der Waals surface area contributed by atoms with Gasteiger partial charge in [-0.25, -0.2) is 4.79 Å². The third-order valence-corrected chi connectivity index (χ3v) is 1.74. The average molecular weight is 187 g/mol. The van der Waals surface area contributed by atoms with E-state index >= 15 is 0 Å². The van der Waals surface area contributed by atoms with E-state index in [1.165, 1.54) is 0 Å². The minimum absolute atomic E-state index is 0.0815. The van der Waals surface area contributed by atoms with Crippen LogP contribution in [0.5, 0.6) is 0 Å². The van der Waals surface area contributed by atoms with Crippen LogP contribution in [0.1, 0.15) is 19.3 Å². The normalized spacial score (nSPS) is 14.5. The van der Waals surface area contributed by atoms with E-state index in [2.05, 4.69) is 6.58 Å². The summed E-state index contributed by atoms with van der Waals surface area (Å²) in [4.78, 5) is 20.7. The highest BCUT2D eigenvalue weighted by molar-refractivity contribution is 5.81. The van der Waals surface area contributed by atoms with E-state index in [0.29, 0.717) is 0 Å². The smallest absolute Gasteiger partial charge is 0.327 e. The van der Waals surface area contributed by atoms with Gasteiger partial charge in [0.2, 0.25) is 0 Å². The van der Waals surface area contributed by atoms with Gasteiger partial charge in [-0.1, -0.05) is 6.08 Å². The highest BCUT2D eigenvalue weighted by atomic mass is 16.4. The average Bonchev–Trinajstić information content (AvgIpc) is 2.03. The zero-order valence-electron chi connectivity index (χ0n) is 7.19. The van der Waals surface area contributed by atoms with Gasteiger partial charge in [0, 0.05) is 6.42 Å². The van der Waals surface area contributed by atoms with Gasteiger partial charge in [0.1, 0.15) is 5.54 Å². The molecule has 0 amide bonds. The molecule has 0 aromatic rings. The predicted octanol–water partition coefficient (Wildman–Crippen LogP) is 0.209. The third kappa shape index (κ3) is 3.71. The number of aliphatic carboxylic acids is 2. The molecule has 0 saturated heterocycles. The van der Waals surface area contributed by atoms with Crippen LogP contribution < -0.4 is 5.73 Å². The zero-order valence-corrected chi connectivity index (χ0v) is 7.19. The molecule has 1 unspecified atom stereocenters. The lowest BCUT2D eigenvalue weighted by Crippen LogP contribution is -2.45. The lowest BCUT2D eigenvalue weighted by atomic mass is 9.94. The molecule has 4 N–H and O–H groups in total. The summed E-state index contributed by atoms with van der Waals surface area (Å²) in [5.74, 6) is -2.15. The number of nitrogens with two attached hydrogens (primary N) is 1. The number of carboxylic acids is 2. The quantitative estimate of drug-likeness (QED) is 0.516. The molecule has 74 valence electrons. The summed E-state index contributed by atoms with van der Waals surface area (Å²) < 4.78 is 0. The molecule has 0 heterocycles. The third-order valence-electron chi connectivity index (χ3n) is 1.74. The van der Waals surface area contributed by atoms with Crippen LogP contribution in [0.15, 0.2) is 12.7 Å². The van der Waals surface area contributed by atoms with Gasteiger partial charge in [-0.2, -0.15) is 0 Å². The van der Waals surface area contributed by atoms with Crippen LogP contribution in [0.2, 0.25) is 0 Å². The van der Waals surface area contributed by atoms with E-state index in [1.54, 1.807) is 0 Å². The molecule has 0 radical (unpaired) electrons. The van der Waals surface area contributed by atoms with E-state index < -0.39 is 17.5 Å². The van der Waals surface area contributed by atoms with Crippen molar-refractivity contribution in [3.05, 3.63) is 12.7 Å². The second-order valence-corrected chi connectivity index (χ2v) is 2.80. The minimum Gasteiger partial charge on any atom is -0.481 e. The molecule has 0 aliphatic heterocycles. The van der Waals surface area contributed by atoms with Crippen molar-refractivity contribution in [2.75, 3.05) is 0 Å². The fraction of sp³-hybridized carbons (Fsp3) is 0.500. The van der Waals surface area contributed by atoms with Gasteiger partial charge in [0.15, 0.2) is 0 Å². The summed E-state index contributed by atoms with van der Waals surface area (Å²) >= 11 is 0. The van der Waals surface area contributed by atoms with Gasteiger partial charge in [-0.3, -0.25) is 4.79 Å². The van der Waals surface area contributed by atoms with Gasteiger partial charge in [0.05, 0.1) is 0 Å². The van der Waals surface area contributed by atoms with Crippen LogP contribution in [0.3, 0.4) is 0 Å². The first kappa shape index (κ1) is 11.6. The maximum Gasteiger partial charge on any atom is 0.327 e. The Morgan fingerprint density at radius 1 is 1.46 bits per heavy atom. The van der Waals surface area contributed by atoms with E-state index in [1.807, 2.05) is 0 Å². The van der Waals surface area contributed by atoms with E-state index in [9.17, 15) is 9.59 Å². The van der Waals surface area contributed by atoms with Crippen molar-refractivity contribution in [3.63, 3.8) is 0 Å². The molecule has 0 aliphatic rings. The number of rotatable bonds is 6. The molecule has 5 heteroatoms. The maximum absolute atomic E-state index is 10.6. The fourth-order valence-corrected chi connectivity index (χ4v) is 0.828. The zero-order chi connectivity index (χ0) is 10.5. The van der Waals surface area contributed by atoms with Gasteiger partial charge < -0.3 is 15.9 Å². The molecule has 0 aliphatic carbocycles. The Kier molecular flexibility index (Phi) is 4.13. The van der Waals surface area contributed by atoms with Crippen LogP contribution in [0.4, 0.5) is 0 Å². The summed E-state index contributed by atoms with van der Waals surface area (Å²) in [6, 6.07) is 0. The molecular weight excluding hydrogens is 174 g/mol. The monoisotopic (exact) mass is 187 g/mol. The summed E-state index contributed by atoms with van der Waals surface area (Å²) in [5.41, 5.74) is 3.91. The molecule has 1 atom stereocenters. The van der Waals surface area contributed by atoms with Crippen molar-refractivity contribution in [2.45, 2.75) is 24.8 Å². The second kappa shape index (κ2) is 4.61. The number of hydrogen-bond donors (Lipinski definition) is 3. The Labute approximate surface area is 75.9 Å². The molecule has 0 aromatic carbocycles. The highest BCUT2D eigenvalue weighted by Crippen LogP contribution is 2.12. The summed E-state index contributed by atoms with van der Waals surface area (Å²) in [6.07, 6.45) is 1.35. The SMILES string of the molecule is C=CC(N)(CCCC(=O)O)C(=O)O. The molecule has 0 bridgehead atoms. The Morgan fingerprint density at radius 3 is 2.31 bits per heavy atom. The van der Waals surface area contributed by atoms with Crippen molar-refractivity contribution in [3.8, 4) is 0 Å². The molecule has 0 spiro atoms. The fourth-order valence-electron chi connectivity index (χ4n) is 0.828. The summed E-state index contributed by atoms with van der Waals surface area (Å²) in [7, 11) is 0. The number of carbonyl (C=O) groups is 2. The van der Waals surface area contributed by atoms with Crippen LogP contribution in [0, 0.1) is 0 Å². The molecule has 0 aromatic heterocycles. The first-order valence-electron chi connectivity index (χ1n) is 3.80. The van der Waals surface area contributed by atoms with Crippen molar-refractivity contribution < 1.29 is 19.8 Å². The molecular formula is C8H13NO4. The maximum atomic E-state index is 10.6. The summed E-state index contributed by atoms with van der Waals surface area (Å²) in [5, 5.41) is 17.0. The number of hydrogen-bond acceptors (Lipinski definition) is 3. The topological polar surface area (TPSA) is 101 Å². The molecule has 0 saturated carbocycles. The standard InChI is InChI=1S/C8H13NO4/c1-2-8(9,7(12)13)5-3-4-6(10)11/h2H,1,3-5,9H2,(H,10,11)(H,12,13). The van der Waals surface area contributed by atoms with Crippen molar-refractivity contribution in [2.24, 2.45) is 5.73 Å². The lowest BCUT2D eigenvalue weighted by molar-refractivity contribution is -0.142. The highest BCUT2D eigenvalue weighted by Gasteiger charge is 2.29. The Morgan fingerprint density at radius 2 is 2.00 bits per heavy atom. The second-order valence-electron chi connectivity index (χ2n) is 2.80. The van der Waals surface area contributed by atoms with Crippen molar-refractivity contribution in [1.82, 2.24) is 0 Å². The largest absolute Gasteiger partial charge is 0.481 e. The van der Waals surface area contributed by atoms with Gasteiger partial charge in [-0.15, -0.1) is 6.58 Å². The Hall–Kier alpha value is -1.36. The molecule has 0 fully saturated rings. The van der Waals surface area contributed by atoms with Crippen LogP contribution >= 0.6 is 0 Å². The van der Waals surface area contributed by atoms with Gasteiger partial charge in [0.25, 0.3) is 0 Å². The van der Waals surface area contributed by atoms with Gasteiger partial charge >= 0.3 is 11.9 Å². The van der Waals surface area contributed by atoms with Crippen LogP contribution in [-0.4, -0.2) is 27.7 Å². The molecule has 0 rings (SSSR count). The first-order valence-corrected chi connectivity index (χ1v) is 3.80. The predicted molar refractivity (Wildman–Crippen MR) is 46.2 cm³/mol. The first-order chi connectivity index (χ1) is 5.92. The van der Waals surface area contributed by atoms with E-state index in [4.69, 9.17) is 15.9 Å². The van der Waals surface area contributed by atoms with Crippen LogP contribution in [0.25, 0.3) is 0 Å². The van der Waals surface area contributed by atoms with Crippen LogP contribution in [-0.2, 0) is 9.59 Å². The Bertz CT molecular complexity index is 226. The van der Waals surface area contributed by atoms with E-state index in [0.717, 1.165) is 6.08 Å². The van der Waals surface area contributed by atoms with Gasteiger partial charge in [-0.05, 0) is 12.8 Å². The Balaban J connectivity index is 4.06. The minimum atomic E-state index is -1.50. The van der Waals surface area contributed by atoms with Crippen molar-refractivity contribution in [1.29, 1.82) is 0 Å².